The van der Waals surface area contributed by atoms with E-state index >= 15 is 0 Å². The van der Waals surface area contributed by atoms with Gasteiger partial charge in [-0.15, -0.1) is 0 Å². The Kier molecular flexibility index (Phi) is 7.01. The van der Waals surface area contributed by atoms with Crippen LogP contribution >= 0.6 is 0 Å². The summed E-state index contributed by atoms with van der Waals surface area (Å²) in [4.78, 5) is 28.1. The molecule has 3 saturated heterocycles. The van der Waals surface area contributed by atoms with Crippen LogP contribution in [0.1, 0.15) is 29.6 Å². The number of rotatable bonds is 7. The van der Waals surface area contributed by atoms with Crippen LogP contribution in [0.4, 0.5) is 11.4 Å². The third kappa shape index (κ3) is 5.32. The predicted octanol–water partition coefficient (Wildman–Crippen LogP) is 1.39. The highest BCUT2D eigenvalue weighted by Crippen LogP contribution is 2.36. The summed E-state index contributed by atoms with van der Waals surface area (Å²) >= 11 is 0. The van der Waals surface area contributed by atoms with Crippen LogP contribution in [0.2, 0.25) is 0 Å². The molecule has 0 saturated carbocycles. The summed E-state index contributed by atoms with van der Waals surface area (Å²) < 4.78 is 16.8. The van der Waals surface area contributed by atoms with E-state index in [9.17, 15) is 14.9 Å². The molecular formula is C21H30N4O6. The van der Waals surface area contributed by atoms with E-state index in [0.717, 1.165) is 39.3 Å². The van der Waals surface area contributed by atoms with Crippen molar-refractivity contribution in [3.05, 3.63) is 33.9 Å². The second-order valence-corrected chi connectivity index (χ2v) is 8.12. The minimum absolute atomic E-state index is 0.0508. The maximum absolute atomic E-state index is 12.5. The molecule has 0 radical (unpaired) electrons. The van der Waals surface area contributed by atoms with Crippen LogP contribution in [0.5, 0.6) is 0 Å². The quantitative estimate of drug-likeness (QED) is 0.390. The van der Waals surface area contributed by atoms with Gasteiger partial charge < -0.3 is 24.4 Å². The number of amides is 1. The first-order chi connectivity index (χ1) is 15.1. The molecule has 31 heavy (non-hydrogen) atoms. The lowest BCUT2D eigenvalue weighted by Gasteiger charge is -2.38. The van der Waals surface area contributed by atoms with Crippen molar-refractivity contribution in [2.24, 2.45) is 0 Å². The molecule has 3 heterocycles. The topological polar surface area (TPSA) is 106 Å². The summed E-state index contributed by atoms with van der Waals surface area (Å²) in [7, 11) is 0. The zero-order chi connectivity index (χ0) is 21.7. The minimum atomic E-state index is -0.535. The first kappa shape index (κ1) is 21.9. The Hall–Kier alpha value is -2.27. The van der Waals surface area contributed by atoms with Gasteiger partial charge in [0.2, 0.25) is 0 Å². The van der Waals surface area contributed by atoms with Crippen molar-refractivity contribution in [3.63, 3.8) is 0 Å². The van der Waals surface area contributed by atoms with Gasteiger partial charge in [0.1, 0.15) is 5.69 Å². The number of carbonyl (C=O) groups excluding carboxylic acids is 1. The number of hydrogen-bond donors (Lipinski definition) is 1. The number of benzene rings is 1. The molecule has 0 aliphatic carbocycles. The van der Waals surface area contributed by atoms with Crippen LogP contribution < -0.4 is 10.2 Å². The summed E-state index contributed by atoms with van der Waals surface area (Å²) in [6.07, 6.45) is 2.15. The molecule has 1 aromatic rings. The van der Waals surface area contributed by atoms with Gasteiger partial charge in [0.25, 0.3) is 11.6 Å². The molecular weight excluding hydrogens is 404 g/mol. The maximum Gasteiger partial charge on any atom is 0.293 e. The largest absolute Gasteiger partial charge is 0.379 e. The highest BCUT2D eigenvalue weighted by Gasteiger charge is 2.40. The third-order valence-corrected chi connectivity index (χ3v) is 6.15. The van der Waals surface area contributed by atoms with E-state index in [-0.39, 0.29) is 11.6 Å². The second-order valence-electron chi connectivity index (χ2n) is 8.12. The molecule has 3 aliphatic heterocycles. The van der Waals surface area contributed by atoms with E-state index in [4.69, 9.17) is 14.2 Å². The summed E-state index contributed by atoms with van der Waals surface area (Å²) in [6, 6.07) is 4.71. The Labute approximate surface area is 181 Å². The molecule has 1 amide bonds. The summed E-state index contributed by atoms with van der Waals surface area (Å²) in [5.74, 6) is -0.825. The molecule has 10 heteroatoms. The average molecular weight is 434 g/mol. The van der Waals surface area contributed by atoms with Crippen molar-refractivity contribution in [2.45, 2.75) is 25.0 Å². The zero-order valence-corrected chi connectivity index (χ0v) is 17.7. The lowest BCUT2D eigenvalue weighted by molar-refractivity contribution is -0.384. The monoisotopic (exact) mass is 434 g/mol. The summed E-state index contributed by atoms with van der Waals surface area (Å²) in [5.41, 5.74) is 0.782. The number of ether oxygens (including phenoxy) is 3. The van der Waals surface area contributed by atoms with Crippen LogP contribution in [0, 0.1) is 10.1 Å². The number of nitrogens with zero attached hydrogens (tertiary/aromatic N) is 3. The highest BCUT2D eigenvalue weighted by atomic mass is 16.7. The van der Waals surface area contributed by atoms with E-state index in [1.165, 1.54) is 6.07 Å². The fraction of sp³-hybridized carbons (Fsp3) is 0.667. The number of piperidine rings is 1. The lowest BCUT2D eigenvalue weighted by atomic mass is 10.0. The maximum atomic E-state index is 12.5. The fourth-order valence-electron chi connectivity index (χ4n) is 4.38. The molecule has 4 rings (SSSR count). The van der Waals surface area contributed by atoms with Gasteiger partial charge in [0, 0.05) is 57.2 Å². The van der Waals surface area contributed by atoms with E-state index in [1.807, 2.05) is 4.90 Å². The molecule has 0 bridgehead atoms. The van der Waals surface area contributed by atoms with Crippen LogP contribution in [0.25, 0.3) is 0 Å². The zero-order valence-electron chi connectivity index (χ0n) is 17.7. The molecule has 1 spiro atoms. The number of anilines is 1. The standard InChI is InChI=1S/C21H30N4O6/c26-20(22-6-1-7-23-10-12-29-13-11-23)17-2-3-18(19(16-17)25(27)28)24-8-4-21(5-9-24)30-14-15-31-21/h2-3,16H,1,4-15H2,(H,22,26). The number of carbonyl (C=O) groups is 1. The average Bonchev–Trinajstić information content (AvgIpc) is 3.25. The SMILES string of the molecule is O=C(NCCCN1CCOCC1)c1ccc(N2CCC3(CC2)OCCO3)c([N+](=O)[O-])c1. The molecule has 0 aromatic heterocycles. The molecule has 0 unspecified atom stereocenters. The molecule has 0 atom stereocenters. The normalized spacial score (nSPS) is 21.4. The van der Waals surface area contributed by atoms with Crippen molar-refractivity contribution in [2.75, 3.05) is 70.6 Å². The number of nitro groups is 1. The van der Waals surface area contributed by atoms with E-state index in [0.29, 0.717) is 56.9 Å². The van der Waals surface area contributed by atoms with Crippen LogP contribution in [0.15, 0.2) is 18.2 Å². The van der Waals surface area contributed by atoms with Crippen molar-refractivity contribution in [1.29, 1.82) is 0 Å². The minimum Gasteiger partial charge on any atom is -0.379 e. The van der Waals surface area contributed by atoms with Crippen molar-refractivity contribution in [1.82, 2.24) is 10.2 Å². The van der Waals surface area contributed by atoms with Gasteiger partial charge in [-0.05, 0) is 25.1 Å². The van der Waals surface area contributed by atoms with Gasteiger partial charge in [0.05, 0.1) is 31.4 Å². The van der Waals surface area contributed by atoms with Crippen molar-refractivity contribution in [3.8, 4) is 0 Å². The Morgan fingerprint density at radius 1 is 1.10 bits per heavy atom. The third-order valence-electron chi connectivity index (χ3n) is 6.15. The van der Waals surface area contributed by atoms with E-state index in [1.54, 1.807) is 12.1 Å². The number of nitrogens with one attached hydrogen (secondary N) is 1. The lowest BCUT2D eigenvalue weighted by Crippen LogP contribution is -2.45. The second kappa shape index (κ2) is 9.90. The molecule has 3 fully saturated rings. The Morgan fingerprint density at radius 2 is 1.81 bits per heavy atom. The van der Waals surface area contributed by atoms with Crippen LogP contribution in [-0.4, -0.2) is 87.2 Å². The summed E-state index contributed by atoms with van der Waals surface area (Å²) in [5, 5.41) is 14.6. The Bertz CT molecular complexity index is 782. The van der Waals surface area contributed by atoms with Crippen LogP contribution in [-0.2, 0) is 14.2 Å². The van der Waals surface area contributed by atoms with E-state index < -0.39 is 10.7 Å². The Balaban J connectivity index is 1.33. The highest BCUT2D eigenvalue weighted by molar-refractivity contribution is 5.95. The van der Waals surface area contributed by atoms with Crippen molar-refractivity contribution < 1.29 is 23.9 Å². The number of nitro benzene ring substituents is 1. The molecule has 1 N–H and O–H groups in total. The molecule has 3 aliphatic rings. The first-order valence-corrected chi connectivity index (χ1v) is 11.0. The summed E-state index contributed by atoms with van der Waals surface area (Å²) in [6.45, 7) is 7.15. The predicted molar refractivity (Wildman–Crippen MR) is 113 cm³/mol. The van der Waals surface area contributed by atoms with Gasteiger partial charge in [-0.3, -0.25) is 19.8 Å². The Morgan fingerprint density at radius 3 is 2.48 bits per heavy atom. The molecule has 10 nitrogen and oxygen atoms in total. The first-order valence-electron chi connectivity index (χ1n) is 11.0. The number of morpholine rings is 1. The van der Waals surface area contributed by atoms with Gasteiger partial charge >= 0.3 is 0 Å². The van der Waals surface area contributed by atoms with Gasteiger partial charge in [-0.25, -0.2) is 0 Å². The van der Waals surface area contributed by atoms with Crippen molar-refractivity contribution >= 4 is 17.3 Å². The van der Waals surface area contributed by atoms with Crippen LogP contribution in [0.3, 0.4) is 0 Å². The van der Waals surface area contributed by atoms with Gasteiger partial charge in [-0.2, -0.15) is 0 Å². The fourth-order valence-corrected chi connectivity index (χ4v) is 4.38. The van der Waals surface area contributed by atoms with Gasteiger partial charge in [0.15, 0.2) is 5.79 Å². The van der Waals surface area contributed by atoms with Gasteiger partial charge in [-0.1, -0.05) is 0 Å². The van der Waals surface area contributed by atoms with E-state index in [2.05, 4.69) is 10.2 Å². The number of hydrogen-bond acceptors (Lipinski definition) is 8. The smallest absolute Gasteiger partial charge is 0.293 e. The molecule has 1 aromatic carbocycles. The molecule has 170 valence electrons.